The first kappa shape index (κ1) is 19.8. The van der Waals surface area contributed by atoms with E-state index in [-0.39, 0.29) is 12.2 Å². The van der Waals surface area contributed by atoms with Crippen molar-refractivity contribution in [3.8, 4) is 0 Å². The van der Waals surface area contributed by atoms with Crippen LogP contribution in [0.2, 0.25) is 0 Å². The maximum Gasteiger partial charge on any atom is 0.336 e. The fourth-order valence-corrected chi connectivity index (χ4v) is 3.01. The van der Waals surface area contributed by atoms with Crippen LogP contribution in [0.4, 0.5) is 0 Å². The summed E-state index contributed by atoms with van der Waals surface area (Å²) in [4.78, 5) is 24.9. The van der Waals surface area contributed by atoms with Gasteiger partial charge in [0, 0.05) is 11.1 Å². The standard InChI is InChI=1S/C22H23NO5/c1-15-19(18(24)14-27-13-16-9-5-3-6-10-16)28-21(26)22(15,2)23-20(25)17-11-7-4-8-12-17/h3-12,18-19,24H,1,13-14H2,2H3,(H,23,25)/t18-,19-,22-/m0/s1. The topological polar surface area (TPSA) is 84.9 Å². The van der Waals surface area contributed by atoms with Crippen molar-refractivity contribution in [3.63, 3.8) is 0 Å². The summed E-state index contributed by atoms with van der Waals surface area (Å²) in [5, 5.41) is 13.1. The Morgan fingerprint density at radius 2 is 1.82 bits per heavy atom. The van der Waals surface area contributed by atoms with Gasteiger partial charge in [0.2, 0.25) is 0 Å². The van der Waals surface area contributed by atoms with Crippen LogP contribution in [0.25, 0.3) is 0 Å². The average Bonchev–Trinajstić information content (AvgIpc) is 2.93. The number of carbonyl (C=O) groups excluding carboxylic acids is 2. The summed E-state index contributed by atoms with van der Waals surface area (Å²) < 4.78 is 10.8. The number of nitrogens with one attached hydrogen (secondary N) is 1. The van der Waals surface area contributed by atoms with Crippen LogP contribution in [-0.2, 0) is 20.9 Å². The Labute approximate surface area is 163 Å². The third kappa shape index (κ3) is 4.13. The minimum atomic E-state index is -1.42. The highest BCUT2D eigenvalue weighted by atomic mass is 16.6. The first-order chi connectivity index (χ1) is 13.4. The van der Waals surface area contributed by atoms with Crippen LogP contribution in [0.3, 0.4) is 0 Å². The van der Waals surface area contributed by atoms with Gasteiger partial charge in [0.1, 0.15) is 6.10 Å². The summed E-state index contributed by atoms with van der Waals surface area (Å²) in [7, 11) is 0. The van der Waals surface area contributed by atoms with Crippen LogP contribution in [0.1, 0.15) is 22.8 Å². The van der Waals surface area contributed by atoms with Crippen molar-refractivity contribution in [1.82, 2.24) is 5.32 Å². The van der Waals surface area contributed by atoms with Crippen molar-refractivity contribution in [1.29, 1.82) is 0 Å². The molecule has 2 aromatic carbocycles. The fourth-order valence-electron chi connectivity index (χ4n) is 3.01. The highest BCUT2D eigenvalue weighted by Crippen LogP contribution is 2.32. The van der Waals surface area contributed by atoms with E-state index in [0.29, 0.717) is 12.2 Å². The Balaban J connectivity index is 1.61. The predicted octanol–water partition coefficient (Wildman–Crippen LogP) is 2.23. The highest BCUT2D eigenvalue weighted by Gasteiger charge is 2.52. The molecule has 1 heterocycles. The summed E-state index contributed by atoms with van der Waals surface area (Å²) in [5.41, 5.74) is 0.256. The number of aliphatic hydroxyl groups excluding tert-OH is 1. The van der Waals surface area contributed by atoms with Gasteiger partial charge in [0.25, 0.3) is 5.91 Å². The number of benzene rings is 2. The zero-order valence-electron chi connectivity index (χ0n) is 15.6. The van der Waals surface area contributed by atoms with E-state index in [4.69, 9.17) is 9.47 Å². The number of esters is 1. The molecule has 1 aliphatic rings. The van der Waals surface area contributed by atoms with E-state index >= 15 is 0 Å². The lowest BCUT2D eigenvalue weighted by atomic mass is 9.90. The van der Waals surface area contributed by atoms with Crippen LogP contribution in [-0.4, -0.2) is 41.3 Å². The Kier molecular flexibility index (Phi) is 5.92. The minimum Gasteiger partial charge on any atom is -0.453 e. The number of hydrogen-bond donors (Lipinski definition) is 2. The number of ether oxygens (including phenoxy) is 2. The minimum absolute atomic E-state index is 0.0332. The first-order valence-corrected chi connectivity index (χ1v) is 8.99. The number of hydrogen-bond acceptors (Lipinski definition) is 5. The predicted molar refractivity (Wildman–Crippen MR) is 103 cm³/mol. The molecular formula is C22H23NO5. The molecular weight excluding hydrogens is 358 g/mol. The molecule has 1 aliphatic heterocycles. The van der Waals surface area contributed by atoms with Crippen molar-refractivity contribution in [2.24, 2.45) is 0 Å². The van der Waals surface area contributed by atoms with Gasteiger partial charge in [-0.3, -0.25) is 4.79 Å². The molecule has 3 rings (SSSR count). The number of aliphatic hydroxyl groups is 1. The van der Waals surface area contributed by atoms with Gasteiger partial charge in [-0.05, 0) is 24.6 Å². The molecule has 2 aromatic rings. The van der Waals surface area contributed by atoms with Crippen molar-refractivity contribution >= 4 is 11.9 Å². The van der Waals surface area contributed by atoms with E-state index in [9.17, 15) is 14.7 Å². The number of carbonyl (C=O) groups is 2. The molecule has 0 unspecified atom stereocenters. The van der Waals surface area contributed by atoms with Crippen LogP contribution in [0, 0.1) is 0 Å². The van der Waals surface area contributed by atoms with Crippen LogP contribution < -0.4 is 5.32 Å². The van der Waals surface area contributed by atoms with Gasteiger partial charge in [0.05, 0.1) is 13.2 Å². The number of rotatable bonds is 7. The van der Waals surface area contributed by atoms with Gasteiger partial charge in [-0.25, -0.2) is 4.79 Å². The van der Waals surface area contributed by atoms with Crippen molar-refractivity contribution < 1.29 is 24.2 Å². The summed E-state index contributed by atoms with van der Waals surface area (Å²) in [6.07, 6.45) is -2.04. The molecule has 0 spiro atoms. The zero-order valence-corrected chi connectivity index (χ0v) is 15.6. The van der Waals surface area contributed by atoms with E-state index in [2.05, 4.69) is 11.9 Å². The van der Waals surface area contributed by atoms with E-state index in [1.165, 1.54) is 6.92 Å². The summed E-state index contributed by atoms with van der Waals surface area (Å²) in [6.45, 7) is 5.71. The molecule has 0 aromatic heterocycles. The second-order valence-corrected chi connectivity index (χ2v) is 6.86. The van der Waals surface area contributed by atoms with Gasteiger partial charge >= 0.3 is 5.97 Å². The van der Waals surface area contributed by atoms with E-state index in [1.54, 1.807) is 30.3 Å². The summed E-state index contributed by atoms with van der Waals surface area (Å²) in [6, 6.07) is 18.1. The van der Waals surface area contributed by atoms with Gasteiger partial charge in [-0.1, -0.05) is 55.1 Å². The monoisotopic (exact) mass is 381 g/mol. The molecule has 1 fully saturated rings. The molecule has 28 heavy (non-hydrogen) atoms. The quantitative estimate of drug-likeness (QED) is 0.568. The lowest BCUT2D eigenvalue weighted by Gasteiger charge is -2.24. The highest BCUT2D eigenvalue weighted by molar-refractivity contribution is 6.00. The lowest BCUT2D eigenvalue weighted by Crippen LogP contribution is -2.51. The Morgan fingerprint density at radius 1 is 1.21 bits per heavy atom. The Morgan fingerprint density at radius 3 is 2.46 bits per heavy atom. The molecule has 1 saturated heterocycles. The third-order valence-electron chi connectivity index (χ3n) is 4.78. The van der Waals surface area contributed by atoms with Crippen molar-refractivity contribution in [3.05, 3.63) is 83.9 Å². The first-order valence-electron chi connectivity index (χ1n) is 8.99. The largest absolute Gasteiger partial charge is 0.453 e. The second kappa shape index (κ2) is 8.37. The molecule has 0 saturated carbocycles. The second-order valence-electron chi connectivity index (χ2n) is 6.86. The van der Waals surface area contributed by atoms with E-state index in [0.717, 1.165) is 5.56 Å². The van der Waals surface area contributed by atoms with Gasteiger partial charge in [-0.15, -0.1) is 0 Å². The molecule has 0 aliphatic carbocycles. The molecule has 146 valence electrons. The summed E-state index contributed by atoms with van der Waals surface area (Å²) in [5.74, 6) is -1.08. The van der Waals surface area contributed by atoms with Crippen molar-refractivity contribution in [2.75, 3.05) is 6.61 Å². The zero-order chi connectivity index (χ0) is 20.1. The van der Waals surface area contributed by atoms with Gasteiger partial charge in [-0.2, -0.15) is 0 Å². The van der Waals surface area contributed by atoms with E-state index in [1.807, 2.05) is 30.3 Å². The molecule has 3 atom stereocenters. The van der Waals surface area contributed by atoms with Crippen LogP contribution in [0.15, 0.2) is 72.8 Å². The summed E-state index contributed by atoms with van der Waals surface area (Å²) >= 11 is 0. The molecule has 2 N–H and O–H groups in total. The Hall–Kier alpha value is -2.96. The molecule has 6 heteroatoms. The maximum absolute atomic E-state index is 12.5. The number of amides is 1. The van der Waals surface area contributed by atoms with Gasteiger partial charge in [0.15, 0.2) is 11.6 Å². The SMILES string of the molecule is C=C1[C@@H]([C@@H](O)COCc2ccccc2)OC(=O)[C@@]1(C)NC(=O)c1ccccc1. The smallest absolute Gasteiger partial charge is 0.336 e. The Bertz CT molecular complexity index is 852. The van der Waals surface area contributed by atoms with Crippen LogP contribution in [0.5, 0.6) is 0 Å². The van der Waals surface area contributed by atoms with Crippen molar-refractivity contribution in [2.45, 2.75) is 31.3 Å². The molecule has 1 amide bonds. The van der Waals surface area contributed by atoms with Gasteiger partial charge < -0.3 is 19.9 Å². The van der Waals surface area contributed by atoms with E-state index < -0.39 is 29.6 Å². The molecule has 0 bridgehead atoms. The number of cyclic esters (lactones) is 1. The fraction of sp³-hybridized carbons (Fsp3) is 0.273. The molecule has 6 nitrogen and oxygen atoms in total. The lowest BCUT2D eigenvalue weighted by molar-refractivity contribution is -0.150. The van der Waals surface area contributed by atoms with Crippen LogP contribution >= 0.6 is 0 Å². The third-order valence-corrected chi connectivity index (χ3v) is 4.78. The molecule has 0 radical (unpaired) electrons. The maximum atomic E-state index is 12.5. The average molecular weight is 381 g/mol. The normalized spacial score (nSPS) is 22.6.